The van der Waals surface area contributed by atoms with Crippen LogP contribution >= 0.6 is 12.2 Å². The molecule has 0 bridgehead atoms. The van der Waals surface area contributed by atoms with Crippen LogP contribution in [0.2, 0.25) is 0 Å². The number of anilines is 1. The predicted molar refractivity (Wildman–Crippen MR) is 102 cm³/mol. The normalized spacial score (nSPS) is 15.9. The molecule has 2 N–H and O–H groups in total. The van der Waals surface area contributed by atoms with Gasteiger partial charge in [-0.25, -0.2) is 0 Å². The lowest BCUT2D eigenvalue weighted by atomic mass is 10.1. The smallest absolute Gasteiger partial charge is 0.169 e. The number of hydrogen-bond donors (Lipinski definition) is 2. The van der Waals surface area contributed by atoms with Crippen LogP contribution in [-0.4, -0.2) is 41.3 Å². The van der Waals surface area contributed by atoms with Crippen molar-refractivity contribution in [3.05, 3.63) is 60.2 Å². The first kappa shape index (κ1) is 16.6. The highest BCUT2D eigenvalue weighted by Gasteiger charge is 2.20. The Kier molecular flexibility index (Phi) is 5.20. The van der Waals surface area contributed by atoms with Crippen molar-refractivity contribution < 1.29 is 5.11 Å². The first-order valence-corrected chi connectivity index (χ1v) is 8.68. The highest BCUT2D eigenvalue weighted by atomic mass is 32.1. The molecule has 2 aromatic rings. The van der Waals surface area contributed by atoms with Crippen LogP contribution in [0.4, 0.5) is 5.69 Å². The fourth-order valence-corrected chi connectivity index (χ4v) is 3.29. The second kappa shape index (κ2) is 7.53. The molecule has 0 radical (unpaired) electrons. The number of thiocarbonyl (C=S) groups is 1. The van der Waals surface area contributed by atoms with Gasteiger partial charge in [-0.15, -0.1) is 0 Å². The molecule has 0 unspecified atom stereocenters. The molecule has 1 aliphatic heterocycles. The van der Waals surface area contributed by atoms with Gasteiger partial charge in [0.15, 0.2) is 5.11 Å². The quantitative estimate of drug-likeness (QED) is 0.839. The molecule has 0 amide bonds. The summed E-state index contributed by atoms with van der Waals surface area (Å²) in [6.45, 7) is 5.77. The van der Waals surface area contributed by atoms with Crippen molar-refractivity contribution in [3.8, 4) is 5.75 Å². The van der Waals surface area contributed by atoms with E-state index in [2.05, 4.69) is 34.2 Å². The third-order valence-electron chi connectivity index (χ3n) is 4.42. The average molecular weight is 341 g/mol. The number of aromatic hydroxyl groups is 1. The molecule has 0 spiro atoms. The molecular weight excluding hydrogens is 318 g/mol. The molecule has 1 fully saturated rings. The molecular formula is C19H23N3OS. The summed E-state index contributed by atoms with van der Waals surface area (Å²) in [6.07, 6.45) is 0. The zero-order chi connectivity index (χ0) is 16.9. The summed E-state index contributed by atoms with van der Waals surface area (Å²) in [5.74, 6) is 0.303. The molecule has 126 valence electrons. The van der Waals surface area contributed by atoms with Gasteiger partial charge in [-0.3, -0.25) is 0 Å². The minimum absolute atomic E-state index is 0.203. The molecule has 0 aromatic heterocycles. The summed E-state index contributed by atoms with van der Waals surface area (Å²) in [4.78, 5) is 4.55. The van der Waals surface area contributed by atoms with Crippen molar-refractivity contribution in [1.29, 1.82) is 0 Å². The van der Waals surface area contributed by atoms with Crippen LogP contribution in [0.5, 0.6) is 5.75 Å². The van der Waals surface area contributed by atoms with Crippen LogP contribution in [0.25, 0.3) is 0 Å². The molecule has 24 heavy (non-hydrogen) atoms. The highest BCUT2D eigenvalue weighted by Crippen LogP contribution is 2.20. The Labute approximate surface area is 148 Å². The largest absolute Gasteiger partial charge is 0.508 e. The number of hydrogen-bond acceptors (Lipinski definition) is 3. The van der Waals surface area contributed by atoms with Gasteiger partial charge in [-0.1, -0.05) is 30.3 Å². The lowest BCUT2D eigenvalue weighted by Crippen LogP contribution is -2.52. The van der Waals surface area contributed by atoms with E-state index in [1.54, 1.807) is 12.1 Å². The zero-order valence-electron chi connectivity index (χ0n) is 13.9. The van der Waals surface area contributed by atoms with Crippen molar-refractivity contribution in [2.24, 2.45) is 0 Å². The Hall–Kier alpha value is -2.27. The number of rotatable bonds is 3. The van der Waals surface area contributed by atoms with Crippen molar-refractivity contribution in [2.75, 3.05) is 31.1 Å². The molecule has 1 heterocycles. The summed E-state index contributed by atoms with van der Waals surface area (Å²) < 4.78 is 0. The summed E-state index contributed by atoms with van der Waals surface area (Å²) in [6, 6.07) is 17.9. The number of piperazine rings is 1. The van der Waals surface area contributed by atoms with Gasteiger partial charge in [0.05, 0.1) is 6.04 Å². The van der Waals surface area contributed by atoms with Crippen molar-refractivity contribution in [1.82, 2.24) is 10.2 Å². The van der Waals surface area contributed by atoms with Crippen molar-refractivity contribution >= 4 is 23.0 Å². The van der Waals surface area contributed by atoms with Crippen molar-refractivity contribution in [2.45, 2.75) is 13.0 Å². The summed E-state index contributed by atoms with van der Waals surface area (Å²) in [7, 11) is 0. The summed E-state index contributed by atoms with van der Waals surface area (Å²) >= 11 is 5.59. The monoisotopic (exact) mass is 341 g/mol. The maximum atomic E-state index is 9.40. The van der Waals surface area contributed by atoms with Gasteiger partial charge in [-0.2, -0.15) is 0 Å². The molecule has 5 heteroatoms. The van der Waals surface area contributed by atoms with Gasteiger partial charge in [-0.05, 0) is 49.0 Å². The van der Waals surface area contributed by atoms with Crippen LogP contribution in [0.1, 0.15) is 18.5 Å². The van der Waals surface area contributed by atoms with E-state index in [4.69, 9.17) is 12.2 Å². The first-order chi connectivity index (χ1) is 11.6. The summed E-state index contributed by atoms with van der Waals surface area (Å²) in [5, 5.41) is 13.6. The Bertz CT molecular complexity index is 667. The number of nitrogens with zero attached hydrogens (tertiary/aromatic N) is 2. The van der Waals surface area contributed by atoms with E-state index < -0.39 is 0 Å². The Balaban J connectivity index is 1.52. The van der Waals surface area contributed by atoms with E-state index in [0.29, 0.717) is 5.75 Å². The minimum atomic E-state index is 0.203. The second-order valence-corrected chi connectivity index (χ2v) is 6.46. The maximum Gasteiger partial charge on any atom is 0.169 e. The van der Waals surface area contributed by atoms with Gasteiger partial charge >= 0.3 is 0 Å². The molecule has 1 aliphatic rings. The molecule has 1 saturated heterocycles. The first-order valence-electron chi connectivity index (χ1n) is 8.28. The Morgan fingerprint density at radius 3 is 2.25 bits per heavy atom. The fraction of sp³-hybridized carbons (Fsp3) is 0.316. The van der Waals surface area contributed by atoms with E-state index in [-0.39, 0.29) is 6.04 Å². The van der Waals surface area contributed by atoms with E-state index in [1.165, 1.54) is 5.56 Å². The van der Waals surface area contributed by atoms with Gasteiger partial charge in [0.2, 0.25) is 0 Å². The molecule has 0 saturated carbocycles. The molecule has 4 nitrogen and oxygen atoms in total. The van der Waals surface area contributed by atoms with Crippen LogP contribution in [-0.2, 0) is 0 Å². The third kappa shape index (κ3) is 3.97. The second-order valence-electron chi connectivity index (χ2n) is 6.07. The van der Waals surface area contributed by atoms with Gasteiger partial charge < -0.3 is 20.2 Å². The lowest BCUT2D eigenvalue weighted by molar-refractivity contribution is 0.376. The zero-order valence-corrected chi connectivity index (χ0v) is 14.7. The van der Waals surface area contributed by atoms with Crippen LogP contribution in [0.3, 0.4) is 0 Å². The molecule has 0 aliphatic carbocycles. The van der Waals surface area contributed by atoms with E-state index in [9.17, 15) is 5.11 Å². The Morgan fingerprint density at radius 1 is 1.00 bits per heavy atom. The number of phenolic OH excluding ortho intramolecular Hbond substituents is 1. The van der Waals surface area contributed by atoms with Crippen LogP contribution in [0.15, 0.2) is 54.6 Å². The number of benzene rings is 2. The number of phenols is 1. The van der Waals surface area contributed by atoms with Crippen LogP contribution < -0.4 is 10.2 Å². The number of nitrogens with one attached hydrogen (secondary N) is 1. The lowest BCUT2D eigenvalue weighted by Gasteiger charge is -2.38. The van der Waals surface area contributed by atoms with Gasteiger partial charge in [0, 0.05) is 31.9 Å². The topological polar surface area (TPSA) is 38.7 Å². The van der Waals surface area contributed by atoms with Gasteiger partial charge in [0.1, 0.15) is 5.75 Å². The maximum absolute atomic E-state index is 9.40. The molecule has 1 atom stereocenters. The predicted octanol–water partition coefficient (Wildman–Crippen LogP) is 3.15. The van der Waals surface area contributed by atoms with Crippen molar-refractivity contribution in [3.63, 3.8) is 0 Å². The Morgan fingerprint density at radius 2 is 1.62 bits per heavy atom. The minimum Gasteiger partial charge on any atom is -0.508 e. The van der Waals surface area contributed by atoms with Crippen LogP contribution in [0, 0.1) is 0 Å². The molecule has 2 aromatic carbocycles. The molecule has 3 rings (SSSR count). The highest BCUT2D eigenvalue weighted by molar-refractivity contribution is 7.80. The average Bonchev–Trinajstić information content (AvgIpc) is 2.63. The summed E-state index contributed by atoms with van der Waals surface area (Å²) in [5.41, 5.74) is 2.38. The van der Waals surface area contributed by atoms with E-state index in [0.717, 1.165) is 37.0 Å². The van der Waals surface area contributed by atoms with E-state index in [1.807, 2.05) is 30.3 Å². The van der Waals surface area contributed by atoms with E-state index >= 15 is 0 Å². The van der Waals surface area contributed by atoms with Gasteiger partial charge in [0.25, 0.3) is 0 Å². The fourth-order valence-electron chi connectivity index (χ4n) is 2.93. The standard InChI is InChI=1S/C19H23N3OS/c1-15(16-5-3-2-4-6-16)20-19(24)22-13-11-21(12-14-22)17-7-9-18(23)10-8-17/h2-10,15,23H,11-14H2,1H3,(H,20,24)/t15-/m1/s1. The SMILES string of the molecule is C[C@@H](NC(=S)N1CCN(c2ccc(O)cc2)CC1)c1ccccc1. The third-order valence-corrected chi connectivity index (χ3v) is 4.80.